The summed E-state index contributed by atoms with van der Waals surface area (Å²) in [5, 5.41) is 23.8. The fourth-order valence-corrected chi connectivity index (χ4v) is 3.86. The number of amides is 4. The van der Waals surface area contributed by atoms with E-state index in [1.165, 1.54) is 17.0 Å². The van der Waals surface area contributed by atoms with Crippen molar-refractivity contribution in [1.82, 2.24) is 15.5 Å². The predicted molar refractivity (Wildman–Crippen MR) is 124 cm³/mol. The average molecular weight is 496 g/mol. The van der Waals surface area contributed by atoms with Gasteiger partial charge in [-0.2, -0.15) is 12.6 Å². The molecule has 4 atom stereocenters. The summed E-state index contributed by atoms with van der Waals surface area (Å²) < 4.78 is 0. The van der Waals surface area contributed by atoms with E-state index in [1.54, 1.807) is 12.1 Å². The molecule has 13 heteroatoms. The van der Waals surface area contributed by atoms with Crippen molar-refractivity contribution in [2.24, 2.45) is 11.5 Å². The van der Waals surface area contributed by atoms with Gasteiger partial charge in [0.1, 0.15) is 23.9 Å². The molecule has 0 aliphatic carbocycles. The molecule has 1 saturated heterocycles. The van der Waals surface area contributed by atoms with Crippen LogP contribution in [-0.2, 0) is 30.4 Å². The van der Waals surface area contributed by atoms with Gasteiger partial charge in [0.25, 0.3) is 0 Å². The van der Waals surface area contributed by atoms with E-state index in [0.29, 0.717) is 18.4 Å². The Hall–Kier alpha value is -3.32. The number of benzene rings is 1. The minimum Gasteiger partial charge on any atom is -0.508 e. The van der Waals surface area contributed by atoms with Crippen LogP contribution in [0.25, 0.3) is 0 Å². The number of carboxylic acid groups (broad SMARTS) is 1. The van der Waals surface area contributed by atoms with Gasteiger partial charge in [-0.15, -0.1) is 0 Å². The van der Waals surface area contributed by atoms with Crippen LogP contribution < -0.4 is 22.1 Å². The van der Waals surface area contributed by atoms with Crippen LogP contribution in [0.2, 0.25) is 0 Å². The normalized spacial score (nSPS) is 17.9. The fraction of sp³-hybridized carbons (Fsp3) is 0.476. The quantitative estimate of drug-likeness (QED) is 0.172. The summed E-state index contributed by atoms with van der Waals surface area (Å²) in [6, 6.07) is 1.33. The second kappa shape index (κ2) is 12.2. The third kappa shape index (κ3) is 7.35. The van der Waals surface area contributed by atoms with E-state index in [1.807, 2.05) is 0 Å². The van der Waals surface area contributed by atoms with Crippen LogP contribution >= 0.6 is 12.6 Å². The van der Waals surface area contributed by atoms with Crippen molar-refractivity contribution in [2.45, 2.75) is 49.9 Å². The monoisotopic (exact) mass is 495 g/mol. The van der Waals surface area contributed by atoms with E-state index in [9.17, 15) is 34.2 Å². The lowest BCUT2D eigenvalue weighted by molar-refractivity contribution is -0.149. The van der Waals surface area contributed by atoms with Gasteiger partial charge in [0, 0.05) is 18.7 Å². The smallest absolute Gasteiger partial charge is 0.326 e. The number of aromatic hydroxyl groups is 1. The zero-order chi connectivity index (χ0) is 25.4. The minimum absolute atomic E-state index is 0.0107. The molecule has 34 heavy (non-hydrogen) atoms. The van der Waals surface area contributed by atoms with E-state index in [2.05, 4.69) is 23.3 Å². The first-order valence-electron chi connectivity index (χ1n) is 10.6. The number of phenolic OH excluding ortho intramolecular Hbond substituents is 1. The number of hydrogen-bond acceptors (Lipinski definition) is 8. The van der Waals surface area contributed by atoms with Crippen LogP contribution in [0.4, 0.5) is 0 Å². The third-order valence-corrected chi connectivity index (χ3v) is 5.75. The van der Waals surface area contributed by atoms with E-state index in [-0.39, 0.29) is 24.5 Å². The number of primary amides is 1. The van der Waals surface area contributed by atoms with Gasteiger partial charge in [-0.25, -0.2) is 4.79 Å². The average Bonchev–Trinajstić information content (AvgIpc) is 3.27. The Labute approximate surface area is 201 Å². The lowest BCUT2D eigenvalue weighted by atomic mass is 10.0. The molecule has 1 fully saturated rings. The highest BCUT2D eigenvalue weighted by atomic mass is 32.1. The third-order valence-electron chi connectivity index (χ3n) is 5.39. The molecule has 1 aliphatic rings. The highest BCUT2D eigenvalue weighted by Gasteiger charge is 2.38. The van der Waals surface area contributed by atoms with Gasteiger partial charge in [-0.05, 0) is 30.5 Å². The fourth-order valence-electron chi connectivity index (χ4n) is 3.61. The number of carbonyl (C=O) groups is 5. The van der Waals surface area contributed by atoms with Crippen molar-refractivity contribution < 1.29 is 34.2 Å². The van der Waals surface area contributed by atoms with Crippen LogP contribution in [0.1, 0.15) is 24.8 Å². The highest BCUT2D eigenvalue weighted by molar-refractivity contribution is 7.80. The van der Waals surface area contributed by atoms with Gasteiger partial charge >= 0.3 is 5.97 Å². The molecule has 1 aromatic rings. The van der Waals surface area contributed by atoms with Crippen molar-refractivity contribution in [2.75, 3.05) is 12.3 Å². The molecule has 4 amide bonds. The summed E-state index contributed by atoms with van der Waals surface area (Å²) in [4.78, 5) is 62.1. The standard InChI is InChI=1S/C21H29N5O7S/c22-13(9-17(23)28)18(29)24-14(8-11-3-5-12(27)6-4-11)19(30)25-15(10-34)20(31)26-7-1-2-16(26)21(32)33/h3-6,13-16,27,34H,1-2,7-10,22H2,(H2,23,28)(H,24,29)(H,25,30)(H,32,33). The molecule has 0 bridgehead atoms. The van der Waals surface area contributed by atoms with Crippen molar-refractivity contribution in [3.8, 4) is 5.75 Å². The number of thiol groups is 1. The first kappa shape index (κ1) is 26.9. The zero-order valence-electron chi connectivity index (χ0n) is 18.3. The Kier molecular flexibility index (Phi) is 9.69. The van der Waals surface area contributed by atoms with E-state index >= 15 is 0 Å². The van der Waals surface area contributed by atoms with E-state index in [4.69, 9.17) is 11.5 Å². The summed E-state index contributed by atoms with van der Waals surface area (Å²) in [6.45, 7) is 0.242. The van der Waals surface area contributed by atoms with Crippen molar-refractivity contribution in [3.63, 3.8) is 0 Å². The topological polar surface area (TPSA) is 205 Å². The molecule has 0 aromatic heterocycles. The molecule has 186 valence electrons. The molecule has 0 radical (unpaired) electrons. The van der Waals surface area contributed by atoms with E-state index in [0.717, 1.165) is 0 Å². The summed E-state index contributed by atoms with van der Waals surface area (Å²) in [6.07, 6.45) is 0.386. The lowest BCUT2D eigenvalue weighted by Crippen LogP contribution is -2.58. The molecule has 1 heterocycles. The molecule has 12 nitrogen and oxygen atoms in total. The first-order valence-corrected chi connectivity index (χ1v) is 11.2. The molecular formula is C21H29N5O7S. The molecule has 1 aliphatic heterocycles. The van der Waals surface area contributed by atoms with Crippen LogP contribution in [0.5, 0.6) is 5.75 Å². The van der Waals surface area contributed by atoms with Gasteiger partial charge in [-0.3, -0.25) is 19.2 Å². The zero-order valence-corrected chi connectivity index (χ0v) is 19.2. The largest absolute Gasteiger partial charge is 0.508 e. The molecule has 0 saturated carbocycles. The van der Waals surface area contributed by atoms with Crippen LogP contribution in [0.15, 0.2) is 24.3 Å². The van der Waals surface area contributed by atoms with Crippen molar-refractivity contribution in [1.29, 1.82) is 0 Å². The minimum atomic E-state index is -1.28. The molecule has 1 aromatic carbocycles. The van der Waals surface area contributed by atoms with Crippen LogP contribution in [0.3, 0.4) is 0 Å². The summed E-state index contributed by atoms with van der Waals surface area (Å²) in [5.74, 6) is -4.13. The Balaban J connectivity index is 2.18. The molecular weight excluding hydrogens is 466 g/mol. The van der Waals surface area contributed by atoms with Crippen LogP contribution in [-0.4, -0.2) is 81.2 Å². The first-order chi connectivity index (χ1) is 16.0. The summed E-state index contributed by atoms with van der Waals surface area (Å²) >= 11 is 4.13. The Morgan fingerprint density at radius 2 is 1.71 bits per heavy atom. The number of nitrogens with one attached hydrogen (secondary N) is 2. The number of carbonyl (C=O) groups excluding carboxylic acids is 4. The number of hydrogen-bond donors (Lipinski definition) is 7. The highest BCUT2D eigenvalue weighted by Crippen LogP contribution is 2.19. The maximum atomic E-state index is 13.1. The van der Waals surface area contributed by atoms with Gasteiger partial charge in [-0.1, -0.05) is 12.1 Å². The van der Waals surface area contributed by atoms with Crippen molar-refractivity contribution >= 4 is 42.2 Å². The van der Waals surface area contributed by atoms with Gasteiger partial charge in [0.15, 0.2) is 0 Å². The van der Waals surface area contributed by atoms with Crippen LogP contribution in [0, 0.1) is 0 Å². The maximum absolute atomic E-state index is 13.1. The molecule has 0 spiro atoms. The summed E-state index contributed by atoms with van der Waals surface area (Å²) in [5.41, 5.74) is 11.3. The number of nitrogens with zero attached hydrogens (tertiary/aromatic N) is 1. The Morgan fingerprint density at radius 3 is 2.26 bits per heavy atom. The molecule has 2 rings (SSSR count). The van der Waals surface area contributed by atoms with Crippen molar-refractivity contribution in [3.05, 3.63) is 29.8 Å². The number of rotatable bonds is 11. The SMILES string of the molecule is NC(=O)CC(N)C(=O)NC(Cc1ccc(O)cc1)C(=O)NC(CS)C(=O)N1CCCC1C(=O)O. The van der Waals surface area contributed by atoms with Gasteiger partial charge in [0.2, 0.25) is 23.6 Å². The van der Waals surface area contributed by atoms with E-state index < -0.39 is 60.2 Å². The number of carboxylic acids is 1. The second-order valence-electron chi connectivity index (χ2n) is 7.98. The second-order valence-corrected chi connectivity index (χ2v) is 8.35. The predicted octanol–water partition coefficient (Wildman–Crippen LogP) is -1.89. The Morgan fingerprint density at radius 1 is 1.09 bits per heavy atom. The number of phenols is 1. The molecule has 4 unspecified atom stereocenters. The Bertz CT molecular complexity index is 927. The van der Waals surface area contributed by atoms with Gasteiger partial charge < -0.3 is 37.2 Å². The summed E-state index contributed by atoms with van der Waals surface area (Å²) in [7, 11) is 0. The lowest BCUT2D eigenvalue weighted by Gasteiger charge is -2.28. The number of aliphatic carboxylic acids is 1. The molecule has 8 N–H and O–H groups in total. The number of likely N-dealkylation sites (tertiary alicyclic amines) is 1. The maximum Gasteiger partial charge on any atom is 0.326 e. The number of nitrogens with two attached hydrogens (primary N) is 2. The van der Waals surface area contributed by atoms with Gasteiger partial charge in [0.05, 0.1) is 12.5 Å².